The van der Waals surface area contributed by atoms with E-state index in [4.69, 9.17) is 0 Å². The van der Waals surface area contributed by atoms with Crippen molar-refractivity contribution in [2.24, 2.45) is 5.92 Å². The van der Waals surface area contributed by atoms with Crippen LogP contribution >= 0.6 is 0 Å². The second kappa shape index (κ2) is 7.71. The zero-order chi connectivity index (χ0) is 11.0. The Hall–Kier alpha value is -0.670. The van der Waals surface area contributed by atoms with Gasteiger partial charge in [-0.2, -0.15) is 8.78 Å². The lowest BCUT2D eigenvalue weighted by Crippen LogP contribution is -2.33. The highest BCUT2D eigenvalue weighted by Gasteiger charge is 2.15. The molecule has 2 nitrogen and oxygen atoms in total. The fourth-order valence-corrected chi connectivity index (χ4v) is 1.27. The van der Waals surface area contributed by atoms with E-state index in [0.717, 1.165) is 25.7 Å². The van der Waals surface area contributed by atoms with Crippen LogP contribution < -0.4 is 5.32 Å². The van der Waals surface area contributed by atoms with Gasteiger partial charge in [0, 0.05) is 6.54 Å². The van der Waals surface area contributed by atoms with Gasteiger partial charge in [0.1, 0.15) is 0 Å². The Morgan fingerprint density at radius 3 is 2.43 bits per heavy atom. The average Bonchev–Trinajstić information content (AvgIpc) is 2.17. The van der Waals surface area contributed by atoms with E-state index in [1.165, 1.54) is 0 Å². The molecule has 0 aromatic carbocycles. The van der Waals surface area contributed by atoms with Gasteiger partial charge in [-0.3, -0.25) is 4.79 Å². The summed E-state index contributed by atoms with van der Waals surface area (Å²) in [6.07, 6.45) is 1.21. The predicted molar refractivity (Wildman–Crippen MR) is 52.3 cm³/mol. The summed E-state index contributed by atoms with van der Waals surface area (Å²) in [6.45, 7) is 4.47. The molecule has 0 heterocycles. The van der Waals surface area contributed by atoms with Crippen LogP contribution in [-0.2, 0) is 4.79 Å². The molecule has 0 saturated carbocycles. The van der Waals surface area contributed by atoms with Crippen LogP contribution in [0.2, 0.25) is 0 Å². The molecule has 0 aliphatic rings. The SMILES string of the molecule is CCCCC(CC)CNC(=O)C(F)F. The van der Waals surface area contributed by atoms with Crippen molar-refractivity contribution in [2.45, 2.75) is 46.0 Å². The Kier molecular flexibility index (Phi) is 7.34. The maximum absolute atomic E-state index is 11.8. The van der Waals surface area contributed by atoms with Crippen molar-refractivity contribution in [1.29, 1.82) is 0 Å². The summed E-state index contributed by atoms with van der Waals surface area (Å²) in [5.74, 6) is -0.822. The summed E-state index contributed by atoms with van der Waals surface area (Å²) < 4.78 is 23.6. The minimum absolute atomic E-state index is 0.331. The molecule has 1 atom stereocenters. The molecule has 0 saturated heterocycles. The fraction of sp³-hybridized carbons (Fsp3) is 0.900. The van der Waals surface area contributed by atoms with E-state index >= 15 is 0 Å². The van der Waals surface area contributed by atoms with Crippen LogP contribution in [0.4, 0.5) is 8.78 Å². The van der Waals surface area contributed by atoms with Crippen LogP contribution in [0.25, 0.3) is 0 Å². The van der Waals surface area contributed by atoms with Crippen molar-refractivity contribution >= 4 is 5.91 Å². The van der Waals surface area contributed by atoms with Crippen LogP contribution in [0.3, 0.4) is 0 Å². The van der Waals surface area contributed by atoms with Crippen molar-refractivity contribution in [3.05, 3.63) is 0 Å². The zero-order valence-electron chi connectivity index (χ0n) is 8.85. The second-order valence-corrected chi connectivity index (χ2v) is 3.46. The van der Waals surface area contributed by atoms with Crippen LogP contribution in [0.1, 0.15) is 39.5 Å². The van der Waals surface area contributed by atoms with E-state index in [1.54, 1.807) is 0 Å². The van der Waals surface area contributed by atoms with Crippen molar-refractivity contribution in [2.75, 3.05) is 6.54 Å². The first kappa shape index (κ1) is 13.3. The van der Waals surface area contributed by atoms with Crippen molar-refractivity contribution in [1.82, 2.24) is 5.32 Å². The van der Waals surface area contributed by atoms with Crippen LogP contribution in [0.5, 0.6) is 0 Å². The molecule has 0 aromatic heterocycles. The Morgan fingerprint density at radius 2 is 2.00 bits per heavy atom. The standard InChI is InChI=1S/C10H19F2NO/c1-3-5-6-8(4-2)7-13-10(14)9(11)12/h8-9H,3-7H2,1-2H3,(H,13,14). The number of hydrogen-bond donors (Lipinski definition) is 1. The number of nitrogens with one attached hydrogen (secondary N) is 1. The molecule has 1 N–H and O–H groups in total. The smallest absolute Gasteiger partial charge is 0.315 e. The summed E-state index contributed by atoms with van der Waals surface area (Å²) in [6, 6.07) is 0. The highest BCUT2D eigenvalue weighted by Crippen LogP contribution is 2.11. The number of alkyl halides is 2. The third-order valence-corrected chi connectivity index (χ3v) is 2.31. The third-order valence-electron chi connectivity index (χ3n) is 2.31. The van der Waals surface area contributed by atoms with Crippen LogP contribution in [-0.4, -0.2) is 18.9 Å². The quantitative estimate of drug-likeness (QED) is 0.683. The fourth-order valence-electron chi connectivity index (χ4n) is 1.27. The summed E-state index contributed by atoms with van der Waals surface area (Å²) in [5.41, 5.74) is 0. The lowest BCUT2D eigenvalue weighted by Gasteiger charge is -2.14. The average molecular weight is 207 g/mol. The van der Waals surface area contributed by atoms with Gasteiger partial charge in [-0.05, 0) is 12.3 Å². The monoisotopic (exact) mass is 207 g/mol. The molecule has 84 valence electrons. The maximum atomic E-state index is 11.8. The second-order valence-electron chi connectivity index (χ2n) is 3.46. The van der Waals surface area contributed by atoms with E-state index in [1.807, 2.05) is 6.92 Å². The lowest BCUT2D eigenvalue weighted by molar-refractivity contribution is -0.131. The highest BCUT2D eigenvalue weighted by atomic mass is 19.3. The van der Waals surface area contributed by atoms with Crippen molar-refractivity contribution in [3.8, 4) is 0 Å². The number of rotatable bonds is 7. The van der Waals surface area contributed by atoms with E-state index in [2.05, 4.69) is 12.2 Å². The molecule has 0 aliphatic heterocycles. The molecule has 0 radical (unpaired) electrons. The van der Waals surface area contributed by atoms with Crippen LogP contribution in [0.15, 0.2) is 0 Å². The molecule has 1 unspecified atom stereocenters. The maximum Gasteiger partial charge on any atom is 0.315 e. The Balaban J connectivity index is 3.66. The van der Waals surface area contributed by atoms with Gasteiger partial charge in [0.2, 0.25) is 0 Å². The third kappa shape index (κ3) is 5.89. The van der Waals surface area contributed by atoms with Gasteiger partial charge in [0.25, 0.3) is 5.91 Å². The molecule has 0 rings (SSSR count). The van der Waals surface area contributed by atoms with Crippen LogP contribution in [0, 0.1) is 5.92 Å². The van der Waals surface area contributed by atoms with E-state index in [0.29, 0.717) is 12.5 Å². The number of carbonyl (C=O) groups is 1. The largest absolute Gasteiger partial charge is 0.351 e. The Bertz CT molecular complexity index is 162. The van der Waals surface area contributed by atoms with Gasteiger partial charge >= 0.3 is 6.43 Å². The minimum atomic E-state index is -2.89. The Morgan fingerprint density at radius 1 is 1.36 bits per heavy atom. The zero-order valence-corrected chi connectivity index (χ0v) is 8.85. The van der Waals surface area contributed by atoms with E-state index < -0.39 is 12.3 Å². The molecule has 0 fully saturated rings. The molecule has 1 amide bonds. The van der Waals surface area contributed by atoms with Gasteiger partial charge in [0.05, 0.1) is 0 Å². The summed E-state index contributed by atoms with van der Waals surface area (Å²) in [7, 11) is 0. The number of hydrogen-bond acceptors (Lipinski definition) is 1. The molecule has 0 bridgehead atoms. The molecule has 0 aromatic rings. The first-order valence-electron chi connectivity index (χ1n) is 5.17. The topological polar surface area (TPSA) is 29.1 Å². The molecule has 14 heavy (non-hydrogen) atoms. The number of carbonyl (C=O) groups excluding carboxylic acids is 1. The normalized spacial score (nSPS) is 12.9. The first-order chi connectivity index (χ1) is 6.61. The molecule has 4 heteroatoms. The lowest BCUT2D eigenvalue weighted by atomic mass is 9.99. The van der Waals surface area contributed by atoms with E-state index in [-0.39, 0.29) is 0 Å². The molecular formula is C10H19F2NO. The number of amides is 1. The summed E-state index contributed by atoms with van der Waals surface area (Å²) >= 11 is 0. The van der Waals surface area contributed by atoms with Gasteiger partial charge in [-0.15, -0.1) is 0 Å². The van der Waals surface area contributed by atoms with Crippen molar-refractivity contribution in [3.63, 3.8) is 0 Å². The highest BCUT2D eigenvalue weighted by molar-refractivity contribution is 5.78. The predicted octanol–water partition coefficient (Wildman–Crippen LogP) is 2.58. The van der Waals surface area contributed by atoms with Crippen molar-refractivity contribution < 1.29 is 13.6 Å². The van der Waals surface area contributed by atoms with Gasteiger partial charge in [-0.1, -0.05) is 33.1 Å². The van der Waals surface area contributed by atoms with Gasteiger partial charge < -0.3 is 5.32 Å². The summed E-state index contributed by atoms with van der Waals surface area (Å²) in [5, 5.41) is 2.25. The summed E-state index contributed by atoms with van der Waals surface area (Å²) in [4.78, 5) is 10.6. The number of unbranched alkanes of at least 4 members (excludes halogenated alkanes) is 1. The Labute approximate surface area is 84.1 Å². The molecular weight excluding hydrogens is 188 g/mol. The van der Waals surface area contributed by atoms with Gasteiger partial charge in [0.15, 0.2) is 0 Å². The molecule has 0 aliphatic carbocycles. The minimum Gasteiger partial charge on any atom is -0.351 e. The van der Waals surface area contributed by atoms with Gasteiger partial charge in [-0.25, -0.2) is 0 Å². The number of halogens is 2. The van der Waals surface area contributed by atoms with E-state index in [9.17, 15) is 13.6 Å². The molecule has 0 spiro atoms. The first-order valence-corrected chi connectivity index (χ1v) is 5.17.